The summed E-state index contributed by atoms with van der Waals surface area (Å²) in [4.78, 5) is 22.5. The number of piperidine rings is 1. The number of anilines is 2. The van der Waals surface area contributed by atoms with Gasteiger partial charge in [0.1, 0.15) is 5.65 Å². The maximum absolute atomic E-state index is 13.3. The van der Waals surface area contributed by atoms with Crippen LogP contribution < -0.4 is 16.2 Å². The highest BCUT2D eigenvalue weighted by atomic mass is 16.5. The van der Waals surface area contributed by atoms with E-state index in [0.29, 0.717) is 28.7 Å². The molecule has 8 heteroatoms. The number of nitrogens with one attached hydrogen (secondary N) is 2. The molecule has 1 fully saturated rings. The molecule has 1 aliphatic rings. The first kappa shape index (κ1) is 23.6. The van der Waals surface area contributed by atoms with Crippen molar-refractivity contribution in [2.24, 2.45) is 0 Å². The van der Waals surface area contributed by atoms with Crippen molar-refractivity contribution in [2.45, 2.75) is 25.3 Å². The molecule has 1 aliphatic heterocycles. The number of hydrogen-bond donors (Lipinski definition) is 2. The molecule has 2 aromatic carbocycles. The van der Waals surface area contributed by atoms with Crippen LogP contribution in [0.4, 0.5) is 11.6 Å². The topological polar surface area (TPSA) is 97.9 Å². The molecule has 8 nitrogen and oxygen atoms in total. The molecule has 5 aromatic rings. The minimum Gasteiger partial charge on any atom is -0.356 e. The summed E-state index contributed by atoms with van der Waals surface area (Å²) in [5, 5.41) is 11.4. The Morgan fingerprint density at radius 3 is 2.74 bits per heavy atom. The molecule has 0 radical (unpaired) electrons. The zero-order valence-corrected chi connectivity index (χ0v) is 20.7. The third-order valence-electron chi connectivity index (χ3n) is 6.93. The molecule has 2 N–H and O–H groups in total. The van der Waals surface area contributed by atoms with Crippen molar-refractivity contribution in [1.29, 1.82) is 0 Å². The minimum atomic E-state index is -0.310. The summed E-state index contributed by atoms with van der Waals surface area (Å²) in [6.07, 6.45) is 11.3. The van der Waals surface area contributed by atoms with Crippen LogP contribution >= 0.6 is 0 Å². The Morgan fingerprint density at radius 1 is 1.13 bits per heavy atom. The van der Waals surface area contributed by atoms with Gasteiger partial charge in [-0.3, -0.25) is 9.36 Å². The summed E-state index contributed by atoms with van der Waals surface area (Å²) in [7, 11) is 0. The second-order valence-electron chi connectivity index (χ2n) is 9.40. The molecule has 0 aliphatic carbocycles. The van der Waals surface area contributed by atoms with Crippen LogP contribution in [0.5, 0.6) is 0 Å². The quantitative estimate of drug-likeness (QED) is 0.325. The van der Waals surface area contributed by atoms with Crippen molar-refractivity contribution in [3.05, 3.63) is 100 Å². The fraction of sp³-hybridized carbons (Fsp3) is 0.200. The maximum Gasteiger partial charge on any atom is 0.268 e. The second kappa shape index (κ2) is 10.3. The van der Waals surface area contributed by atoms with Gasteiger partial charge in [-0.1, -0.05) is 53.5 Å². The molecule has 0 bridgehead atoms. The molecular formula is C30H26N6O2. The molecule has 0 spiro atoms. The predicted molar refractivity (Wildman–Crippen MR) is 147 cm³/mol. The van der Waals surface area contributed by atoms with E-state index in [1.807, 2.05) is 42.5 Å². The number of pyridine rings is 1. The average molecular weight is 503 g/mol. The fourth-order valence-corrected chi connectivity index (χ4v) is 4.94. The summed E-state index contributed by atoms with van der Waals surface area (Å²) in [5.41, 5.74) is 4.21. The molecule has 0 amide bonds. The van der Waals surface area contributed by atoms with E-state index < -0.39 is 0 Å². The molecule has 188 valence electrons. The van der Waals surface area contributed by atoms with Gasteiger partial charge in [-0.2, -0.15) is 4.98 Å². The highest BCUT2D eigenvalue weighted by molar-refractivity contribution is 5.77. The number of aromatic nitrogens is 4. The van der Waals surface area contributed by atoms with Crippen LogP contribution in [-0.2, 0) is 6.54 Å². The van der Waals surface area contributed by atoms with Crippen LogP contribution in [0, 0.1) is 12.3 Å². The lowest BCUT2D eigenvalue weighted by molar-refractivity contribution is 0.431. The lowest BCUT2D eigenvalue weighted by Crippen LogP contribution is -2.28. The van der Waals surface area contributed by atoms with Gasteiger partial charge >= 0.3 is 0 Å². The minimum absolute atomic E-state index is 0.194. The van der Waals surface area contributed by atoms with Crippen molar-refractivity contribution in [1.82, 2.24) is 25.0 Å². The second-order valence-corrected chi connectivity index (χ2v) is 9.40. The van der Waals surface area contributed by atoms with Crippen molar-refractivity contribution < 1.29 is 4.52 Å². The SMILES string of the molecule is C#Cc1cc2cnc(Nc3ccc(C4CCCNC4)cc3)nc2n(Cc2cnoc2-c2ccccc2)c1=O. The van der Waals surface area contributed by atoms with Gasteiger partial charge < -0.3 is 15.2 Å². The molecule has 6 rings (SSSR count). The first-order valence-corrected chi connectivity index (χ1v) is 12.6. The molecule has 4 heterocycles. The Labute approximate surface area is 219 Å². The van der Waals surface area contributed by atoms with Crippen LogP contribution in [0.3, 0.4) is 0 Å². The Morgan fingerprint density at radius 2 is 1.97 bits per heavy atom. The van der Waals surface area contributed by atoms with Gasteiger partial charge in [-0.15, -0.1) is 6.42 Å². The van der Waals surface area contributed by atoms with Gasteiger partial charge in [-0.05, 0) is 49.1 Å². The average Bonchev–Trinajstić information content (AvgIpc) is 3.44. The third kappa shape index (κ3) is 4.67. The lowest BCUT2D eigenvalue weighted by atomic mass is 9.92. The molecule has 0 saturated carbocycles. The summed E-state index contributed by atoms with van der Waals surface area (Å²) in [6, 6.07) is 19.7. The summed E-state index contributed by atoms with van der Waals surface area (Å²) in [5.74, 6) is 4.01. The zero-order chi connectivity index (χ0) is 25.9. The van der Waals surface area contributed by atoms with E-state index in [2.05, 4.69) is 38.8 Å². The Hall–Kier alpha value is -4.74. The first-order valence-electron chi connectivity index (χ1n) is 12.6. The fourth-order valence-electron chi connectivity index (χ4n) is 4.94. The van der Waals surface area contributed by atoms with E-state index in [4.69, 9.17) is 15.9 Å². The van der Waals surface area contributed by atoms with Gasteiger partial charge in [0.25, 0.3) is 5.56 Å². The number of nitrogens with zero attached hydrogens (tertiary/aromatic N) is 4. The van der Waals surface area contributed by atoms with Gasteiger partial charge in [0.05, 0.1) is 18.3 Å². The van der Waals surface area contributed by atoms with Gasteiger partial charge in [0, 0.05) is 34.9 Å². The summed E-state index contributed by atoms with van der Waals surface area (Å²) >= 11 is 0. The summed E-state index contributed by atoms with van der Waals surface area (Å²) in [6.45, 7) is 2.29. The lowest BCUT2D eigenvalue weighted by Gasteiger charge is -2.23. The Balaban J connectivity index is 1.34. The number of benzene rings is 2. The third-order valence-corrected chi connectivity index (χ3v) is 6.93. The number of rotatable bonds is 6. The van der Waals surface area contributed by atoms with E-state index in [-0.39, 0.29) is 17.7 Å². The Kier molecular flexibility index (Phi) is 6.42. The van der Waals surface area contributed by atoms with Gasteiger partial charge in [0.15, 0.2) is 5.76 Å². The molecule has 1 atom stereocenters. The van der Waals surface area contributed by atoms with E-state index in [0.717, 1.165) is 29.9 Å². The monoisotopic (exact) mass is 502 g/mol. The molecule has 3 aromatic heterocycles. The highest BCUT2D eigenvalue weighted by Gasteiger charge is 2.17. The predicted octanol–water partition coefficient (Wildman–Crippen LogP) is 4.69. The number of hydrogen-bond acceptors (Lipinski definition) is 7. The zero-order valence-electron chi connectivity index (χ0n) is 20.7. The molecule has 38 heavy (non-hydrogen) atoms. The van der Waals surface area contributed by atoms with Crippen molar-refractivity contribution in [3.8, 4) is 23.7 Å². The van der Waals surface area contributed by atoms with Crippen LogP contribution in [-0.4, -0.2) is 32.8 Å². The van der Waals surface area contributed by atoms with Gasteiger partial charge in [-0.25, -0.2) is 4.98 Å². The van der Waals surface area contributed by atoms with E-state index in [1.165, 1.54) is 18.4 Å². The van der Waals surface area contributed by atoms with E-state index in [9.17, 15) is 4.79 Å². The number of terminal acetylenes is 1. The first-order chi connectivity index (χ1) is 18.7. The van der Waals surface area contributed by atoms with E-state index in [1.54, 1.807) is 23.0 Å². The highest BCUT2D eigenvalue weighted by Crippen LogP contribution is 2.27. The standard InChI is InChI=1S/C30H26N6O2/c1-2-20-15-24-17-32-30(34-26-12-10-21(11-13-26)23-9-6-14-31-16-23)35-28(24)36(29(20)37)19-25-18-33-38-27(25)22-7-4-3-5-8-22/h1,3-5,7-8,10-13,15,17-18,23,31H,6,9,14,16,19H2,(H,32,34,35). The van der Waals surface area contributed by atoms with Crippen molar-refractivity contribution >= 4 is 22.7 Å². The number of fused-ring (bicyclic) bond motifs is 1. The Bertz CT molecular complexity index is 1680. The molecular weight excluding hydrogens is 476 g/mol. The van der Waals surface area contributed by atoms with Crippen LogP contribution in [0.1, 0.15) is 35.4 Å². The molecule has 1 saturated heterocycles. The van der Waals surface area contributed by atoms with Crippen molar-refractivity contribution in [3.63, 3.8) is 0 Å². The largest absolute Gasteiger partial charge is 0.356 e. The smallest absolute Gasteiger partial charge is 0.268 e. The normalized spacial score (nSPS) is 15.3. The molecule has 1 unspecified atom stereocenters. The summed E-state index contributed by atoms with van der Waals surface area (Å²) < 4.78 is 7.08. The van der Waals surface area contributed by atoms with Crippen LogP contribution in [0.25, 0.3) is 22.4 Å². The van der Waals surface area contributed by atoms with Crippen LogP contribution in [0.2, 0.25) is 0 Å². The maximum atomic E-state index is 13.3. The van der Waals surface area contributed by atoms with Gasteiger partial charge in [0.2, 0.25) is 5.95 Å². The van der Waals surface area contributed by atoms with Crippen molar-refractivity contribution in [2.75, 3.05) is 18.4 Å². The van der Waals surface area contributed by atoms with Crippen LogP contribution in [0.15, 0.2) is 82.4 Å². The van der Waals surface area contributed by atoms with E-state index >= 15 is 0 Å².